The maximum absolute atomic E-state index is 13.4. The van der Waals surface area contributed by atoms with Gasteiger partial charge in [-0.25, -0.2) is 13.2 Å². The number of methoxy groups -OCH3 is 1. The third-order valence-electron chi connectivity index (χ3n) is 5.30. The van der Waals surface area contributed by atoms with Gasteiger partial charge in [0.2, 0.25) is 0 Å². The maximum atomic E-state index is 13.4. The Morgan fingerprint density at radius 1 is 1.03 bits per heavy atom. The Balaban J connectivity index is 1.54. The molecule has 0 bridgehead atoms. The Labute approximate surface area is 182 Å². The standard InChI is InChI=1S/C24H23NO5S/c1-17-14-19-6-3-4-9-23(19)25(17)31(27,28)22-8-5-7-20(15-22)24(26)30-16-18-10-12-21(29-2)13-11-18/h3-13,15,17H,14,16H2,1-2H3. The summed E-state index contributed by atoms with van der Waals surface area (Å²) in [4.78, 5) is 12.6. The molecule has 4 rings (SSSR count). The van der Waals surface area contributed by atoms with Gasteiger partial charge in [0.05, 0.1) is 23.3 Å². The zero-order chi connectivity index (χ0) is 22.0. The molecule has 3 aromatic rings. The molecular formula is C24H23NO5S. The topological polar surface area (TPSA) is 72.9 Å². The predicted octanol–water partition coefficient (Wildman–Crippen LogP) is 4.19. The number of fused-ring (bicyclic) bond motifs is 1. The summed E-state index contributed by atoms with van der Waals surface area (Å²) in [5.74, 6) is 0.133. The summed E-state index contributed by atoms with van der Waals surface area (Å²) in [6.07, 6.45) is 0.652. The minimum Gasteiger partial charge on any atom is -0.497 e. The van der Waals surface area contributed by atoms with E-state index in [4.69, 9.17) is 9.47 Å². The molecule has 1 heterocycles. The molecule has 1 unspecified atom stereocenters. The molecule has 1 aliphatic heterocycles. The highest BCUT2D eigenvalue weighted by Crippen LogP contribution is 2.36. The van der Waals surface area contributed by atoms with Gasteiger partial charge in [-0.3, -0.25) is 4.31 Å². The van der Waals surface area contributed by atoms with Gasteiger partial charge in [0, 0.05) is 6.04 Å². The number of esters is 1. The molecule has 0 N–H and O–H groups in total. The Morgan fingerprint density at radius 2 is 1.77 bits per heavy atom. The van der Waals surface area contributed by atoms with E-state index < -0.39 is 16.0 Å². The van der Waals surface area contributed by atoms with Gasteiger partial charge in [-0.05, 0) is 60.9 Å². The van der Waals surface area contributed by atoms with Crippen molar-refractivity contribution in [2.24, 2.45) is 0 Å². The zero-order valence-electron chi connectivity index (χ0n) is 17.3. The summed E-state index contributed by atoms with van der Waals surface area (Å²) in [6, 6.07) is 20.4. The van der Waals surface area contributed by atoms with Crippen LogP contribution in [0.4, 0.5) is 5.69 Å². The van der Waals surface area contributed by atoms with Crippen molar-refractivity contribution in [2.45, 2.75) is 30.9 Å². The highest BCUT2D eigenvalue weighted by atomic mass is 32.2. The van der Waals surface area contributed by atoms with Crippen molar-refractivity contribution in [2.75, 3.05) is 11.4 Å². The first kappa shape index (κ1) is 20.9. The normalized spacial score (nSPS) is 15.4. The van der Waals surface area contributed by atoms with E-state index in [1.54, 1.807) is 43.5 Å². The fourth-order valence-electron chi connectivity index (χ4n) is 3.75. The molecule has 31 heavy (non-hydrogen) atoms. The van der Waals surface area contributed by atoms with Crippen LogP contribution in [0, 0.1) is 0 Å². The lowest BCUT2D eigenvalue weighted by Crippen LogP contribution is -2.35. The Hall–Kier alpha value is -3.32. The minimum atomic E-state index is -3.82. The maximum Gasteiger partial charge on any atom is 0.338 e. The number of benzene rings is 3. The molecule has 0 saturated heterocycles. The Morgan fingerprint density at radius 3 is 2.52 bits per heavy atom. The Kier molecular flexibility index (Phi) is 5.69. The first-order chi connectivity index (χ1) is 14.9. The van der Waals surface area contributed by atoms with Crippen LogP contribution >= 0.6 is 0 Å². The average Bonchev–Trinajstić information content (AvgIpc) is 3.14. The number of ether oxygens (including phenoxy) is 2. The van der Waals surface area contributed by atoms with Gasteiger partial charge in [0.1, 0.15) is 12.4 Å². The second-order valence-electron chi connectivity index (χ2n) is 7.43. The first-order valence-electron chi connectivity index (χ1n) is 9.92. The third kappa shape index (κ3) is 4.14. The number of para-hydroxylation sites is 1. The molecule has 7 heteroatoms. The van der Waals surface area contributed by atoms with E-state index in [-0.39, 0.29) is 23.1 Å². The molecule has 1 aliphatic rings. The summed E-state index contributed by atoms with van der Waals surface area (Å²) in [5, 5.41) is 0. The third-order valence-corrected chi connectivity index (χ3v) is 7.22. The van der Waals surface area contributed by atoms with Crippen LogP contribution in [0.15, 0.2) is 77.7 Å². The Bertz CT molecular complexity index is 1200. The predicted molar refractivity (Wildman–Crippen MR) is 118 cm³/mol. The highest BCUT2D eigenvalue weighted by Gasteiger charge is 2.36. The van der Waals surface area contributed by atoms with Gasteiger partial charge < -0.3 is 9.47 Å². The van der Waals surface area contributed by atoms with Crippen molar-refractivity contribution >= 4 is 21.7 Å². The first-order valence-corrected chi connectivity index (χ1v) is 11.4. The summed E-state index contributed by atoms with van der Waals surface area (Å²) in [5.41, 5.74) is 2.67. The monoisotopic (exact) mass is 437 g/mol. The molecule has 6 nitrogen and oxygen atoms in total. The van der Waals surface area contributed by atoms with Crippen molar-refractivity contribution in [3.8, 4) is 5.75 Å². The molecule has 0 aliphatic carbocycles. The largest absolute Gasteiger partial charge is 0.497 e. The van der Waals surface area contributed by atoms with Crippen molar-refractivity contribution in [1.82, 2.24) is 0 Å². The van der Waals surface area contributed by atoms with E-state index in [1.165, 1.54) is 16.4 Å². The van der Waals surface area contributed by atoms with E-state index in [9.17, 15) is 13.2 Å². The summed E-state index contributed by atoms with van der Waals surface area (Å²) in [7, 11) is -2.24. The van der Waals surface area contributed by atoms with Crippen LogP contribution in [-0.4, -0.2) is 27.5 Å². The quantitative estimate of drug-likeness (QED) is 0.541. The van der Waals surface area contributed by atoms with Gasteiger partial charge in [-0.1, -0.05) is 36.4 Å². The number of carbonyl (C=O) groups excluding carboxylic acids is 1. The van der Waals surface area contributed by atoms with Crippen LogP contribution in [0.25, 0.3) is 0 Å². The van der Waals surface area contributed by atoms with E-state index in [0.29, 0.717) is 17.9 Å². The van der Waals surface area contributed by atoms with Crippen molar-refractivity contribution < 1.29 is 22.7 Å². The van der Waals surface area contributed by atoms with Crippen LogP contribution in [0.5, 0.6) is 5.75 Å². The van der Waals surface area contributed by atoms with E-state index in [0.717, 1.165) is 11.1 Å². The smallest absolute Gasteiger partial charge is 0.338 e. The summed E-state index contributed by atoms with van der Waals surface area (Å²) >= 11 is 0. The molecule has 0 aromatic heterocycles. The number of hydrogen-bond acceptors (Lipinski definition) is 5. The molecule has 160 valence electrons. The van der Waals surface area contributed by atoms with Gasteiger partial charge >= 0.3 is 5.97 Å². The fraction of sp³-hybridized carbons (Fsp3) is 0.208. The number of hydrogen-bond donors (Lipinski definition) is 0. The molecule has 0 radical (unpaired) electrons. The number of anilines is 1. The van der Waals surface area contributed by atoms with Crippen LogP contribution in [-0.2, 0) is 27.8 Å². The summed E-state index contributed by atoms with van der Waals surface area (Å²) < 4.78 is 38.7. The van der Waals surface area contributed by atoms with Gasteiger partial charge in [0.25, 0.3) is 10.0 Å². The van der Waals surface area contributed by atoms with Crippen molar-refractivity contribution in [3.05, 3.63) is 89.5 Å². The highest BCUT2D eigenvalue weighted by molar-refractivity contribution is 7.92. The average molecular weight is 438 g/mol. The van der Waals surface area contributed by atoms with Gasteiger partial charge in [0.15, 0.2) is 0 Å². The molecule has 0 spiro atoms. The number of sulfonamides is 1. The molecule has 1 atom stereocenters. The summed E-state index contributed by atoms with van der Waals surface area (Å²) in [6.45, 7) is 1.96. The minimum absolute atomic E-state index is 0.0648. The SMILES string of the molecule is COc1ccc(COC(=O)c2cccc(S(=O)(=O)N3c4ccccc4CC3C)c2)cc1. The fourth-order valence-corrected chi connectivity index (χ4v) is 5.49. The van der Waals surface area contributed by atoms with Crippen LogP contribution in [0.2, 0.25) is 0 Å². The lowest BCUT2D eigenvalue weighted by atomic mass is 10.1. The van der Waals surface area contributed by atoms with Crippen LogP contribution < -0.4 is 9.04 Å². The van der Waals surface area contributed by atoms with Crippen LogP contribution in [0.3, 0.4) is 0 Å². The number of nitrogens with zero attached hydrogens (tertiary/aromatic N) is 1. The number of rotatable bonds is 6. The van der Waals surface area contributed by atoms with E-state index in [2.05, 4.69) is 0 Å². The van der Waals surface area contributed by atoms with Crippen molar-refractivity contribution in [3.63, 3.8) is 0 Å². The van der Waals surface area contributed by atoms with E-state index in [1.807, 2.05) is 31.2 Å². The molecule has 0 fully saturated rings. The molecule has 3 aromatic carbocycles. The lowest BCUT2D eigenvalue weighted by molar-refractivity contribution is 0.0472. The van der Waals surface area contributed by atoms with Gasteiger partial charge in [-0.2, -0.15) is 0 Å². The second-order valence-corrected chi connectivity index (χ2v) is 9.25. The van der Waals surface area contributed by atoms with Crippen molar-refractivity contribution in [1.29, 1.82) is 0 Å². The molecule has 0 saturated carbocycles. The number of carbonyl (C=O) groups is 1. The van der Waals surface area contributed by atoms with E-state index >= 15 is 0 Å². The van der Waals surface area contributed by atoms with Crippen LogP contribution in [0.1, 0.15) is 28.4 Å². The van der Waals surface area contributed by atoms with Gasteiger partial charge in [-0.15, -0.1) is 0 Å². The molecule has 0 amide bonds. The molecular weight excluding hydrogens is 414 g/mol. The zero-order valence-corrected chi connectivity index (χ0v) is 18.1. The second kappa shape index (κ2) is 8.43. The lowest BCUT2D eigenvalue weighted by Gasteiger charge is -2.24.